The van der Waals surface area contributed by atoms with Gasteiger partial charge in [0.15, 0.2) is 0 Å². The van der Waals surface area contributed by atoms with Crippen molar-refractivity contribution in [3.8, 4) is 6.07 Å². The van der Waals surface area contributed by atoms with Crippen LogP contribution in [0.5, 0.6) is 0 Å². The summed E-state index contributed by atoms with van der Waals surface area (Å²) in [5.74, 6) is 0.0272. The Balaban J connectivity index is 1.84. The van der Waals surface area contributed by atoms with Crippen LogP contribution in [0.25, 0.3) is 0 Å². The van der Waals surface area contributed by atoms with Gasteiger partial charge in [-0.05, 0) is 62.6 Å². The largest absolute Gasteiger partial charge is 0.296 e. The molecule has 0 N–H and O–H groups in total. The average Bonchev–Trinajstić information content (AvgIpc) is 3.34. The first-order valence-corrected chi connectivity index (χ1v) is 12.1. The Bertz CT molecular complexity index is 838. The molecule has 3 heteroatoms. The molecule has 0 radical (unpaired) electrons. The predicted octanol–water partition coefficient (Wildman–Crippen LogP) is 7.25. The molecule has 2 aromatic rings. The van der Waals surface area contributed by atoms with E-state index in [9.17, 15) is 9.65 Å². The van der Waals surface area contributed by atoms with Crippen LogP contribution in [0.2, 0.25) is 0 Å². The first-order valence-electron chi connectivity index (χ1n) is 12.1. The highest BCUT2D eigenvalue weighted by molar-refractivity contribution is 5.35. The Morgan fingerprint density at radius 1 is 1.06 bits per heavy atom. The molecule has 0 amide bonds. The van der Waals surface area contributed by atoms with E-state index in [1.165, 1.54) is 11.6 Å². The van der Waals surface area contributed by atoms with Gasteiger partial charge in [0.25, 0.3) is 0 Å². The molecule has 0 bridgehead atoms. The first-order chi connectivity index (χ1) is 15.1. The van der Waals surface area contributed by atoms with Gasteiger partial charge in [0.05, 0.1) is 11.5 Å². The van der Waals surface area contributed by atoms with E-state index < -0.39 is 5.41 Å². The van der Waals surface area contributed by atoms with E-state index >= 15 is 0 Å². The summed E-state index contributed by atoms with van der Waals surface area (Å²) in [6.07, 6.45) is 8.14. The van der Waals surface area contributed by atoms with E-state index in [-0.39, 0.29) is 11.7 Å². The molecule has 0 heterocycles. The van der Waals surface area contributed by atoms with Gasteiger partial charge in [0.1, 0.15) is 5.82 Å². The zero-order valence-corrected chi connectivity index (χ0v) is 19.2. The number of nitriles is 1. The maximum absolute atomic E-state index is 14.9. The topological polar surface area (TPSA) is 27.0 Å². The molecule has 166 valence electrons. The third-order valence-corrected chi connectivity index (χ3v) is 7.20. The average molecular weight is 421 g/mol. The van der Waals surface area contributed by atoms with Crippen LogP contribution in [0.1, 0.15) is 76.3 Å². The molecule has 0 aliphatic heterocycles. The van der Waals surface area contributed by atoms with E-state index in [1.54, 1.807) is 6.07 Å². The molecular formula is C28H37FN2. The van der Waals surface area contributed by atoms with Crippen molar-refractivity contribution >= 4 is 0 Å². The van der Waals surface area contributed by atoms with Gasteiger partial charge in [-0.3, -0.25) is 4.90 Å². The summed E-state index contributed by atoms with van der Waals surface area (Å²) in [4.78, 5) is 2.56. The molecule has 0 spiro atoms. The monoisotopic (exact) mass is 420 g/mol. The maximum atomic E-state index is 14.9. The fourth-order valence-electron chi connectivity index (χ4n) is 5.54. The van der Waals surface area contributed by atoms with Gasteiger partial charge in [0, 0.05) is 18.2 Å². The van der Waals surface area contributed by atoms with Gasteiger partial charge in [-0.25, -0.2) is 4.39 Å². The molecule has 1 aliphatic rings. The Morgan fingerprint density at radius 3 is 2.35 bits per heavy atom. The van der Waals surface area contributed by atoms with Crippen LogP contribution in [-0.4, -0.2) is 17.5 Å². The normalized spacial score (nSPS) is 17.4. The van der Waals surface area contributed by atoms with Gasteiger partial charge in [-0.1, -0.05) is 75.2 Å². The van der Waals surface area contributed by atoms with Gasteiger partial charge in [0.2, 0.25) is 0 Å². The van der Waals surface area contributed by atoms with E-state index in [2.05, 4.69) is 55.1 Å². The minimum absolute atomic E-state index is 0.223. The van der Waals surface area contributed by atoms with Crippen molar-refractivity contribution in [3.05, 3.63) is 71.5 Å². The molecule has 1 saturated carbocycles. The number of benzene rings is 2. The highest BCUT2D eigenvalue weighted by Crippen LogP contribution is 2.46. The first kappa shape index (κ1) is 23.5. The predicted molar refractivity (Wildman–Crippen MR) is 126 cm³/mol. The number of halogens is 1. The lowest BCUT2D eigenvalue weighted by Gasteiger charge is -2.37. The molecule has 2 atom stereocenters. The zero-order chi connectivity index (χ0) is 22.1. The second-order valence-corrected chi connectivity index (χ2v) is 9.10. The lowest BCUT2D eigenvalue weighted by atomic mass is 9.67. The maximum Gasteiger partial charge on any atom is 0.128 e. The minimum atomic E-state index is -0.722. The molecule has 3 rings (SSSR count). The van der Waals surface area contributed by atoms with Crippen molar-refractivity contribution in [2.24, 2.45) is 5.92 Å². The van der Waals surface area contributed by atoms with Crippen molar-refractivity contribution in [2.75, 3.05) is 6.54 Å². The molecule has 1 aliphatic carbocycles. The lowest BCUT2D eigenvalue weighted by molar-refractivity contribution is 0.157. The highest BCUT2D eigenvalue weighted by Gasteiger charge is 2.43. The van der Waals surface area contributed by atoms with Gasteiger partial charge in [-0.2, -0.15) is 5.26 Å². The van der Waals surface area contributed by atoms with E-state index in [4.69, 9.17) is 0 Å². The lowest BCUT2D eigenvalue weighted by Crippen LogP contribution is -2.39. The van der Waals surface area contributed by atoms with Crippen LogP contribution < -0.4 is 0 Å². The van der Waals surface area contributed by atoms with Crippen molar-refractivity contribution in [2.45, 2.75) is 83.2 Å². The van der Waals surface area contributed by atoms with Crippen LogP contribution in [0.4, 0.5) is 4.39 Å². The standard InChI is InChI=1S/C28H37FN2/c1-3-20-31(21-23-12-6-5-7-13-23)25(4-2)18-19-28(22-30,24-14-8-9-15-24)26-16-10-11-17-27(26)29/h5-7,10-13,16-17,24-25H,3-4,8-9,14-15,18-21H2,1-2H3. The Morgan fingerprint density at radius 2 is 1.74 bits per heavy atom. The summed E-state index contributed by atoms with van der Waals surface area (Å²) in [6.45, 7) is 6.43. The summed E-state index contributed by atoms with van der Waals surface area (Å²) in [5.41, 5.74) is 1.22. The molecule has 31 heavy (non-hydrogen) atoms. The molecule has 2 aromatic carbocycles. The summed E-state index contributed by atoms with van der Waals surface area (Å²) in [5, 5.41) is 10.4. The molecule has 0 aromatic heterocycles. The van der Waals surface area contributed by atoms with Gasteiger partial charge >= 0.3 is 0 Å². The summed E-state index contributed by atoms with van der Waals surface area (Å²) < 4.78 is 14.9. The fourth-order valence-corrected chi connectivity index (χ4v) is 5.54. The van der Waals surface area contributed by atoms with Gasteiger partial charge < -0.3 is 0 Å². The van der Waals surface area contributed by atoms with Crippen molar-refractivity contribution in [1.82, 2.24) is 4.90 Å². The van der Waals surface area contributed by atoms with Crippen LogP contribution in [-0.2, 0) is 12.0 Å². The molecule has 2 unspecified atom stereocenters. The van der Waals surface area contributed by atoms with Crippen LogP contribution >= 0.6 is 0 Å². The van der Waals surface area contributed by atoms with Crippen LogP contribution in [0.15, 0.2) is 54.6 Å². The fraction of sp³-hybridized carbons (Fsp3) is 0.536. The van der Waals surface area contributed by atoms with Gasteiger partial charge in [-0.15, -0.1) is 0 Å². The summed E-state index contributed by atoms with van der Waals surface area (Å²) in [6, 6.07) is 20.7. The Hall–Kier alpha value is -2.18. The van der Waals surface area contributed by atoms with Crippen molar-refractivity contribution in [1.29, 1.82) is 5.26 Å². The third kappa shape index (κ3) is 5.55. The smallest absolute Gasteiger partial charge is 0.128 e. The molecule has 1 fully saturated rings. The SMILES string of the molecule is CCCN(Cc1ccccc1)C(CC)CCC(C#N)(c1ccccc1F)C1CCCC1. The van der Waals surface area contributed by atoms with E-state index in [0.717, 1.165) is 64.5 Å². The number of hydrogen-bond donors (Lipinski definition) is 0. The highest BCUT2D eigenvalue weighted by atomic mass is 19.1. The summed E-state index contributed by atoms with van der Waals surface area (Å²) >= 11 is 0. The van der Waals surface area contributed by atoms with E-state index in [1.807, 2.05) is 12.1 Å². The molecular weight excluding hydrogens is 383 g/mol. The van der Waals surface area contributed by atoms with Crippen molar-refractivity contribution < 1.29 is 4.39 Å². The number of nitrogens with zero attached hydrogens (tertiary/aromatic N) is 2. The van der Waals surface area contributed by atoms with Crippen LogP contribution in [0.3, 0.4) is 0 Å². The second kappa shape index (κ2) is 11.4. The second-order valence-electron chi connectivity index (χ2n) is 9.10. The summed E-state index contributed by atoms with van der Waals surface area (Å²) in [7, 11) is 0. The van der Waals surface area contributed by atoms with E-state index in [0.29, 0.717) is 11.6 Å². The Kier molecular flexibility index (Phi) is 8.67. The zero-order valence-electron chi connectivity index (χ0n) is 19.2. The molecule has 0 saturated heterocycles. The van der Waals surface area contributed by atoms with Crippen LogP contribution in [0, 0.1) is 23.1 Å². The number of hydrogen-bond acceptors (Lipinski definition) is 2. The Labute approximate surface area is 188 Å². The number of rotatable bonds is 11. The quantitative estimate of drug-likeness (QED) is 0.383. The third-order valence-electron chi connectivity index (χ3n) is 7.20. The molecule has 2 nitrogen and oxygen atoms in total. The van der Waals surface area contributed by atoms with Crippen molar-refractivity contribution in [3.63, 3.8) is 0 Å². The minimum Gasteiger partial charge on any atom is -0.296 e.